The van der Waals surface area contributed by atoms with Crippen molar-refractivity contribution in [2.45, 2.75) is 36.6 Å². The summed E-state index contributed by atoms with van der Waals surface area (Å²) in [6, 6.07) is 15.8. The fourth-order valence-corrected chi connectivity index (χ4v) is 4.83. The number of benzene rings is 2. The van der Waals surface area contributed by atoms with Gasteiger partial charge in [-0.1, -0.05) is 30.3 Å². The molecule has 2 atom stereocenters. The fraction of sp³-hybridized carbons (Fsp3) is 0.269. The molecule has 0 spiro atoms. The summed E-state index contributed by atoms with van der Waals surface area (Å²) in [6.45, 7) is 0.246. The molecule has 2 aromatic carbocycles. The molecule has 0 radical (unpaired) electrons. The lowest BCUT2D eigenvalue weighted by Gasteiger charge is -2.13. The molecule has 1 N–H and O–H groups in total. The van der Waals surface area contributed by atoms with Gasteiger partial charge in [0.25, 0.3) is 0 Å². The Morgan fingerprint density at radius 3 is 2.75 bits per heavy atom. The molecule has 10 heteroatoms. The molecule has 1 saturated carbocycles. The number of aliphatic hydroxyl groups excluding tert-OH is 1. The van der Waals surface area contributed by atoms with Gasteiger partial charge in [-0.3, -0.25) is 13.8 Å². The first kappa shape index (κ1) is 24.1. The maximum absolute atomic E-state index is 14.0. The lowest BCUT2D eigenvalue weighted by molar-refractivity contribution is -0.158. The van der Waals surface area contributed by atoms with Gasteiger partial charge in [0.15, 0.2) is 12.8 Å². The number of imidazole rings is 1. The topological polar surface area (TPSA) is 104 Å². The zero-order valence-electron chi connectivity index (χ0n) is 19.2. The third-order valence-electron chi connectivity index (χ3n) is 5.80. The smallest absolute Gasteiger partial charge is 0.341 e. The van der Waals surface area contributed by atoms with Crippen LogP contribution >= 0.6 is 0 Å². The van der Waals surface area contributed by atoms with Gasteiger partial charge < -0.3 is 14.6 Å². The van der Waals surface area contributed by atoms with Crippen molar-refractivity contribution in [1.82, 2.24) is 14.5 Å². The number of carbonyl (C=O) groups is 1. The molecule has 36 heavy (non-hydrogen) atoms. The predicted octanol–water partition coefficient (Wildman–Crippen LogP) is 3.90. The Hall–Kier alpha value is -3.63. The van der Waals surface area contributed by atoms with Gasteiger partial charge in [0.05, 0.1) is 39.9 Å². The van der Waals surface area contributed by atoms with Gasteiger partial charge in [-0.15, -0.1) is 0 Å². The third kappa shape index (κ3) is 5.60. The van der Waals surface area contributed by atoms with Crippen LogP contribution in [0, 0.1) is 11.7 Å². The summed E-state index contributed by atoms with van der Waals surface area (Å²) in [5.41, 5.74) is 1.63. The van der Waals surface area contributed by atoms with Crippen molar-refractivity contribution in [2.24, 2.45) is 5.92 Å². The molecule has 2 heterocycles. The molecule has 0 saturated heterocycles. The molecule has 2 aromatic heterocycles. The Labute approximate surface area is 209 Å². The molecule has 1 unspecified atom stereocenters. The largest absolute Gasteiger partial charge is 0.493 e. The number of nitrogens with zero attached hydrogens (tertiary/aromatic N) is 3. The minimum absolute atomic E-state index is 0.0347. The first-order valence-corrected chi connectivity index (χ1v) is 12.8. The van der Waals surface area contributed by atoms with Crippen LogP contribution in [0.2, 0.25) is 0 Å². The Bertz CT molecular complexity index is 1410. The number of hydrogen-bond donors (Lipinski definition) is 1. The van der Waals surface area contributed by atoms with Crippen LogP contribution in [0.3, 0.4) is 0 Å². The second kappa shape index (κ2) is 10.5. The van der Waals surface area contributed by atoms with Gasteiger partial charge in [0.1, 0.15) is 11.6 Å². The quantitative estimate of drug-likeness (QED) is 0.323. The second-order valence-corrected chi connectivity index (χ2v) is 9.93. The lowest BCUT2D eigenvalue weighted by atomic mass is 10.1. The molecule has 1 fully saturated rings. The Morgan fingerprint density at radius 1 is 1.17 bits per heavy atom. The summed E-state index contributed by atoms with van der Waals surface area (Å²) >= 11 is 0. The number of aliphatic hydroxyl groups is 1. The number of halogens is 1. The summed E-state index contributed by atoms with van der Waals surface area (Å²) in [5.74, 6) is -0.118. The van der Waals surface area contributed by atoms with E-state index >= 15 is 0 Å². The van der Waals surface area contributed by atoms with Crippen molar-refractivity contribution >= 4 is 27.8 Å². The van der Waals surface area contributed by atoms with Crippen molar-refractivity contribution in [3.8, 4) is 5.75 Å². The van der Waals surface area contributed by atoms with E-state index in [0.717, 1.165) is 0 Å². The highest BCUT2D eigenvalue weighted by atomic mass is 32.2. The highest BCUT2D eigenvalue weighted by Crippen LogP contribution is 2.30. The van der Waals surface area contributed by atoms with E-state index in [9.17, 15) is 18.5 Å². The number of ether oxygens (including phenoxy) is 2. The van der Waals surface area contributed by atoms with Gasteiger partial charge >= 0.3 is 5.97 Å². The van der Waals surface area contributed by atoms with E-state index in [1.807, 2.05) is 0 Å². The number of hydrogen-bond acceptors (Lipinski definition) is 7. The second-order valence-electron chi connectivity index (χ2n) is 8.59. The summed E-state index contributed by atoms with van der Waals surface area (Å²) in [7, 11) is -1.70. The van der Waals surface area contributed by atoms with E-state index in [0.29, 0.717) is 40.6 Å². The average molecular weight is 510 g/mol. The molecule has 1 aliphatic carbocycles. The summed E-state index contributed by atoms with van der Waals surface area (Å²) in [4.78, 5) is 21.2. The molecule has 4 aromatic rings. The molecule has 5 rings (SSSR count). The highest BCUT2D eigenvalue weighted by Gasteiger charge is 2.24. The van der Waals surface area contributed by atoms with Crippen molar-refractivity contribution in [2.75, 3.05) is 6.61 Å². The number of pyridine rings is 1. The van der Waals surface area contributed by atoms with Crippen LogP contribution in [0.15, 0.2) is 72.0 Å². The first-order chi connectivity index (χ1) is 17.5. The maximum Gasteiger partial charge on any atom is 0.341 e. The number of esters is 1. The lowest BCUT2D eigenvalue weighted by Crippen LogP contribution is -2.19. The Morgan fingerprint density at radius 2 is 1.97 bits per heavy atom. The average Bonchev–Trinajstić information content (AvgIpc) is 3.66. The summed E-state index contributed by atoms with van der Waals surface area (Å²) < 4.78 is 39.8. The van der Waals surface area contributed by atoms with Crippen LogP contribution < -0.4 is 4.74 Å². The van der Waals surface area contributed by atoms with Crippen molar-refractivity contribution in [3.63, 3.8) is 0 Å². The zero-order valence-corrected chi connectivity index (χ0v) is 20.1. The third-order valence-corrected chi connectivity index (χ3v) is 7.08. The van der Waals surface area contributed by atoms with Gasteiger partial charge in [-0.05, 0) is 48.6 Å². The van der Waals surface area contributed by atoms with Crippen LogP contribution in [-0.4, -0.2) is 36.4 Å². The van der Waals surface area contributed by atoms with Gasteiger partial charge in [0, 0.05) is 12.3 Å². The number of aromatic nitrogens is 3. The molecule has 0 amide bonds. The van der Waals surface area contributed by atoms with Crippen LogP contribution in [0.4, 0.5) is 4.39 Å². The van der Waals surface area contributed by atoms with Crippen molar-refractivity contribution < 1.29 is 28.0 Å². The molecule has 0 aliphatic heterocycles. The fourth-order valence-electron chi connectivity index (χ4n) is 3.67. The number of fused-ring (bicyclic) bond motifs is 1. The summed E-state index contributed by atoms with van der Waals surface area (Å²) in [6.07, 6.45) is 2.45. The molecule has 1 aliphatic rings. The Kier molecular flexibility index (Phi) is 7.06. The maximum atomic E-state index is 14.0. The van der Waals surface area contributed by atoms with Crippen molar-refractivity contribution in [3.05, 3.63) is 83.9 Å². The highest BCUT2D eigenvalue weighted by molar-refractivity contribution is 7.84. The standard InChI is InChI=1S/C26H24FN3O5S/c27-19-8-9-22-23(12-19)30(16-35-25(32)24(31)18-4-2-1-3-5-18)26(29-22)36(33)15-20-13-21(10-11-28-20)34-14-17-6-7-17/h1-5,8-13,17,24,31H,6-7,14-16H2/t24-,36?/m1/s1. The summed E-state index contributed by atoms with van der Waals surface area (Å²) in [5, 5.41) is 10.4. The SMILES string of the molecule is O=C(OCn1c(S(=O)Cc2cc(OCC3CC3)ccn2)nc2ccc(F)cc21)[C@H](O)c1ccccc1. The van der Waals surface area contributed by atoms with E-state index in [1.54, 1.807) is 48.7 Å². The van der Waals surface area contributed by atoms with E-state index < -0.39 is 35.4 Å². The minimum Gasteiger partial charge on any atom is -0.493 e. The Balaban J connectivity index is 1.36. The molecule has 186 valence electrons. The van der Waals surface area contributed by atoms with Gasteiger partial charge in [0.2, 0.25) is 5.16 Å². The first-order valence-electron chi connectivity index (χ1n) is 11.5. The normalized spacial score (nSPS) is 14.9. The van der Waals surface area contributed by atoms with Crippen LogP contribution in [0.25, 0.3) is 11.0 Å². The van der Waals surface area contributed by atoms with Crippen LogP contribution in [0.5, 0.6) is 5.75 Å². The van der Waals surface area contributed by atoms with E-state index in [2.05, 4.69) is 9.97 Å². The van der Waals surface area contributed by atoms with Crippen molar-refractivity contribution in [1.29, 1.82) is 0 Å². The molecule has 8 nitrogen and oxygen atoms in total. The van der Waals surface area contributed by atoms with E-state index in [1.165, 1.54) is 35.6 Å². The monoisotopic (exact) mass is 509 g/mol. The van der Waals surface area contributed by atoms with Crippen LogP contribution in [0.1, 0.15) is 30.2 Å². The van der Waals surface area contributed by atoms with Crippen LogP contribution in [-0.2, 0) is 32.8 Å². The zero-order chi connectivity index (χ0) is 25.1. The van der Waals surface area contributed by atoms with E-state index in [-0.39, 0.29) is 10.9 Å². The predicted molar refractivity (Wildman–Crippen MR) is 130 cm³/mol. The number of rotatable bonds is 10. The van der Waals surface area contributed by atoms with E-state index in [4.69, 9.17) is 9.47 Å². The van der Waals surface area contributed by atoms with Gasteiger partial charge in [-0.25, -0.2) is 14.2 Å². The molecule has 0 bridgehead atoms. The minimum atomic E-state index is -1.70. The van der Waals surface area contributed by atoms with Gasteiger partial charge in [-0.2, -0.15) is 0 Å². The number of carbonyl (C=O) groups excluding carboxylic acids is 1. The molecular weight excluding hydrogens is 485 g/mol. The molecular formula is C26H24FN3O5S.